The third-order valence-electron chi connectivity index (χ3n) is 5.85. The molecule has 0 unspecified atom stereocenters. The van der Waals surface area contributed by atoms with Gasteiger partial charge in [-0.2, -0.15) is 22.9 Å². The molecule has 0 spiro atoms. The molecule has 1 aliphatic heterocycles. The molecule has 218 valence electrons. The van der Waals surface area contributed by atoms with Crippen molar-refractivity contribution in [2.24, 2.45) is 0 Å². The van der Waals surface area contributed by atoms with Crippen molar-refractivity contribution in [3.05, 3.63) is 53.6 Å². The van der Waals surface area contributed by atoms with Gasteiger partial charge in [0.25, 0.3) is 5.91 Å². The first-order valence-corrected chi connectivity index (χ1v) is 12.7. The number of rotatable bonds is 8. The first-order valence-electron chi connectivity index (χ1n) is 11.9. The van der Waals surface area contributed by atoms with Gasteiger partial charge in [0.15, 0.2) is 5.11 Å². The zero-order chi connectivity index (χ0) is 30.7. The van der Waals surface area contributed by atoms with E-state index in [-0.39, 0.29) is 36.2 Å². The lowest BCUT2D eigenvalue weighted by molar-refractivity contribution is -0.145. The van der Waals surface area contributed by atoms with E-state index in [9.17, 15) is 27.6 Å². The lowest BCUT2D eigenvalue weighted by Gasteiger charge is -2.30. The minimum Gasteiger partial charge on any atom is -0.461 e. The van der Waals surface area contributed by atoms with Gasteiger partial charge in [-0.25, -0.2) is 4.79 Å². The number of nitrogens with zero attached hydrogens (tertiary/aromatic N) is 5. The predicted molar refractivity (Wildman–Crippen MR) is 148 cm³/mol. The van der Waals surface area contributed by atoms with Crippen molar-refractivity contribution in [3.63, 3.8) is 0 Å². The van der Waals surface area contributed by atoms with Crippen molar-refractivity contribution < 1.29 is 37.0 Å². The Morgan fingerprint density at radius 2 is 1.76 bits per heavy atom. The maximum absolute atomic E-state index is 13.6. The lowest BCUT2D eigenvalue weighted by Crippen LogP contribution is -2.44. The molecule has 2 aromatic carbocycles. The van der Waals surface area contributed by atoms with E-state index in [2.05, 4.69) is 0 Å². The third-order valence-corrected chi connectivity index (χ3v) is 6.55. The van der Waals surface area contributed by atoms with E-state index in [0.29, 0.717) is 16.2 Å². The number of hydrogen-bond acceptors (Lipinski definition) is 8. The lowest BCUT2D eigenvalue weighted by atomic mass is 10.0. The van der Waals surface area contributed by atoms with Crippen molar-refractivity contribution in [2.75, 3.05) is 48.1 Å². The second kappa shape index (κ2) is 12.3. The Bertz CT molecular complexity index is 1410. The zero-order valence-corrected chi connectivity index (χ0v) is 23.9. The molecule has 1 saturated heterocycles. The molecular weight excluding hydrogens is 587 g/mol. The second-order valence-electron chi connectivity index (χ2n) is 9.53. The van der Waals surface area contributed by atoms with E-state index >= 15 is 0 Å². The zero-order valence-electron chi connectivity index (χ0n) is 22.4. The molecule has 10 nitrogen and oxygen atoms in total. The molecule has 1 aliphatic rings. The molecule has 0 radical (unpaired) electrons. The van der Waals surface area contributed by atoms with Gasteiger partial charge in [-0.1, -0.05) is 6.07 Å². The topological polar surface area (TPSA) is 106 Å². The molecule has 0 saturated carbocycles. The molecule has 0 N–H and O–H groups in total. The molecule has 0 aromatic heterocycles. The molecule has 1 heterocycles. The molecule has 15 heteroatoms. The van der Waals surface area contributed by atoms with Crippen LogP contribution in [0.5, 0.6) is 0 Å². The van der Waals surface area contributed by atoms with Gasteiger partial charge in [-0.3, -0.25) is 19.4 Å². The Labute approximate surface area is 244 Å². The Balaban J connectivity index is 1.82. The summed E-state index contributed by atoms with van der Waals surface area (Å²) in [4.78, 5) is 41.4. The van der Waals surface area contributed by atoms with Crippen LogP contribution >= 0.6 is 24.0 Å². The van der Waals surface area contributed by atoms with Crippen LogP contribution in [0.4, 0.5) is 35.0 Å². The van der Waals surface area contributed by atoms with Gasteiger partial charge in [-0.05, 0) is 76.6 Å². The number of benzene rings is 2. The molecule has 41 heavy (non-hydrogen) atoms. The highest BCUT2D eigenvalue weighted by molar-refractivity contribution is 7.81. The minimum atomic E-state index is -4.83. The average molecular weight is 612 g/mol. The van der Waals surface area contributed by atoms with Crippen molar-refractivity contribution in [2.45, 2.75) is 25.6 Å². The molecule has 0 aliphatic carbocycles. The van der Waals surface area contributed by atoms with E-state index in [1.165, 1.54) is 49.1 Å². The summed E-state index contributed by atoms with van der Waals surface area (Å²) in [5.74, 6) is -1.11. The number of hydrogen-bond donors (Lipinski definition) is 0. The summed E-state index contributed by atoms with van der Waals surface area (Å²) in [6, 6.07) is 10.4. The van der Waals surface area contributed by atoms with E-state index < -0.39 is 40.8 Å². The number of anilines is 3. The number of ether oxygens (including phenoxy) is 2. The van der Waals surface area contributed by atoms with Gasteiger partial charge in [0.05, 0.1) is 35.1 Å². The summed E-state index contributed by atoms with van der Waals surface area (Å²) in [5.41, 5.74) is -2.85. The molecule has 2 aromatic rings. The fourth-order valence-electron chi connectivity index (χ4n) is 3.96. The van der Waals surface area contributed by atoms with Crippen LogP contribution in [0.25, 0.3) is 0 Å². The number of likely N-dealkylation sites (N-methyl/N-ethyl adjacent to an activating group) is 1. The van der Waals surface area contributed by atoms with Gasteiger partial charge >= 0.3 is 18.2 Å². The normalized spacial score (nSPS) is 14.7. The molecule has 0 bridgehead atoms. The standard InChI is InChI=1S/C26H25ClF3N5O5S/c1-25(2)22(37)33(17-9-8-16(14-31)20(13-17)26(28,29)30)23(41)34(25)18-6-5-7-19(12-18)35(27)24(38)40-11-10-39-21(36)15-32(3)4/h5-9,12-13H,10-11,15H2,1-4H3. The number of esters is 1. The van der Waals surface area contributed by atoms with Crippen molar-refractivity contribution in [3.8, 4) is 6.07 Å². The molecule has 1 fully saturated rings. The van der Waals surface area contributed by atoms with Gasteiger partial charge in [-0.15, -0.1) is 0 Å². The number of carbonyl (C=O) groups excluding carboxylic acids is 3. The first kappa shape index (κ1) is 31.6. The highest BCUT2D eigenvalue weighted by Crippen LogP contribution is 2.40. The van der Waals surface area contributed by atoms with Crippen LogP contribution in [0.2, 0.25) is 0 Å². The molecule has 0 atom stereocenters. The van der Waals surface area contributed by atoms with Crippen LogP contribution < -0.4 is 14.2 Å². The number of thiocarbonyl (C=S) groups is 1. The summed E-state index contributed by atoms with van der Waals surface area (Å²) in [7, 11) is 3.39. The predicted octanol–water partition coefficient (Wildman–Crippen LogP) is 4.70. The molecular formula is C26H25ClF3N5O5S. The summed E-state index contributed by atoms with van der Waals surface area (Å²) < 4.78 is 51.4. The Morgan fingerprint density at radius 3 is 2.37 bits per heavy atom. The Kier molecular flexibility index (Phi) is 9.47. The third kappa shape index (κ3) is 6.87. The van der Waals surface area contributed by atoms with Gasteiger partial charge in [0, 0.05) is 17.5 Å². The van der Waals surface area contributed by atoms with E-state index in [4.69, 9.17) is 38.7 Å². The highest BCUT2D eigenvalue weighted by Gasteiger charge is 2.50. The van der Waals surface area contributed by atoms with E-state index in [0.717, 1.165) is 11.0 Å². The van der Waals surface area contributed by atoms with Crippen molar-refractivity contribution in [1.29, 1.82) is 5.26 Å². The number of halogens is 4. The number of carbonyl (C=O) groups is 3. The number of amides is 2. The van der Waals surface area contributed by atoms with Gasteiger partial charge in [0.1, 0.15) is 18.8 Å². The van der Waals surface area contributed by atoms with Crippen LogP contribution in [0, 0.1) is 11.3 Å². The number of nitriles is 1. The van der Waals surface area contributed by atoms with E-state index in [1.54, 1.807) is 25.1 Å². The summed E-state index contributed by atoms with van der Waals surface area (Å²) >= 11 is 11.7. The van der Waals surface area contributed by atoms with Crippen LogP contribution in [0.3, 0.4) is 0 Å². The maximum atomic E-state index is 13.6. The summed E-state index contributed by atoms with van der Waals surface area (Å²) in [5, 5.41) is 8.98. The molecule has 2 amide bonds. The van der Waals surface area contributed by atoms with Crippen LogP contribution in [-0.2, 0) is 25.2 Å². The van der Waals surface area contributed by atoms with Gasteiger partial charge in [0.2, 0.25) is 0 Å². The number of alkyl halides is 3. The first-order chi connectivity index (χ1) is 19.1. The second-order valence-corrected chi connectivity index (χ2v) is 10.2. The van der Waals surface area contributed by atoms with Crippen LogP contribution in [0.1, 0.15) is 25.0 Å². The largest absolute Gasteiger partial charge is 0.461 e. The van der Waals surface area contributed by atoms with Crippen molar-refractivity contribution in [1.82, 2.24) is 4.90 Å². The SMILES string of the molecule is CN(C)CC(=O)OCCOC(=O)N(Cl)c1cccc(N2C(=S)N(c3ccc(C#N)c(C(F)(F)F)c3)C(=O)C2(C)C)c1. The molecule has 3 rings (SSSR count). The van der Waals surface area contributed by atoms with Crippen molar-refractivity contribution >= 4 is 64.1 Å². The average Bonchev–Trinajstić information content (AvgIpc) is 3.07. The Hall–Kier alpha value is -3.93. The summed E-state index contributed by atoms with van der Waals surface area (Å²) in [6.07, 6.45) is -5.80. The monoisotopic (exact) mass is 611 g/mol. The highest BCUT2D eigenvalue weighted by atomic mass is 35.5. The fourth-order valence-corrected chi connectivity index (χ4v) is 4.64. The quantitative estimate of drug-likeness (QED) is 0.182. The Morgan fingerprint density at radius 1 is 1.10 bits per heavy atom. The fraction of sp³-hybridized carbons (Fsp3) is 0.346. The van der Waals surface area contributed by atoms with E-state index in [1.807, 2.05) is 0 Å². The van der Waals surface area contributed by atoms with Crippen LogP contribution in [0.15, 0.2) is 42.5 Å². The smallest absolute Gasteiger partial charge is 0.429 e. The van der Waals surface area contributed by atoms with Gasteiger partial charge < -0.3 is 14.4 Å². The summed E-state index contributed by atoms with van der Waals surface area (Å²) in [6.45, 7) is 2.70. The maximum Gasteiger partial charge on any atom is 0.429 e. The minimum absolute atomic E-state index is 0.0612. The van der Waals surface area contributed by atoms with Crippen LogP contribution in [-0.4, -0.2) is 67.4 Å².